The molecule has 0 unspecified atom stereocenters. The minimum atomic E-state index is -0.540. The third-order valence-electron chi connectivity index (χ3n) is 2.81. The molecule has 0 bridgehead atoms. The molecule has 0 spiro atoms. The Morgan fingerprint density at radius 2 is 2.11 bits per heavy atom. The minimum absolute atomic E-state index is 0.160. The molecule has 2 N–H and O–H groups in total. The first kappa shape index (κ1) is 13.8. The highest BCUT2D eigenvalue weighted by molar-refractivity contribution is 5.67. The zero-order chi connectivity index (χ0) is 13.5. The number of ether oxygens (including phenoxy) is 2. The standard InChI is InChI=1S/C14H19NO4/c16-8-12(10-18-13-6-7-13)15-14(17)19-9-11-4-2-1-3-5-11/h1-5,12-13,16H,6-10H2,(H,15,17)/t12-/m0/s1. The van der Waals surface area contributed by atoms with E-state index < -0.39 is 12.1 Å². The second-order valence-electron chi connectivity index (χ2n) is 4.62. The van der Waals surface area contributed by atoms with Crippen LogP contribution < -0.4 is 5.32 Å². The van der Waals surface area contributed by atoms with Gasteiger partial charge in [-0.1, -0.05) is 30.3 Å². The van der Waals surface area contributed by atoms with E-state index in [-0.39, 0.29) is 13.2 Å². The number of aliphatic hydroxyl groups is 1. The molecule has 1 fully saturated rings. The number of carbonyl (C=O) groups is 1. The van der Waals surface area contributed by atoms with Gasteiger partial charge in [0.25, 0.3) is 0 Å². The molecule has 1 amide bonds. The Kier molecular flexibility index (Phi) is 5.18. The van der Waals surface area contributed by atoms with Gasteiger partial charge in [0.15, 0.2) is 0 Å². The van der Waals surface area contributed by atoms with Gasteiger partial charge >= 0.3 is 6.09 Å². The van der Waals surface area contributed by atoms with E-state index in [1.807, 2.05) is 30.3 Å². The number of amides is 1. The number of carbonyl (C=O) groups excluding carboxylic acids is 1. The van der Waals surface area contributed by atoms with Gasteiger partial charge in [0.2, 0.25) is 0 Å². The number of rotatable bonds is 7. The minimum Gasteiger partial charge on any atom is -0.445 e. The van der Waals surface area contributed by atoms with Crippen molar-refractivity contribution < 1.29 is 19.4 Å². The maximum Gasteiger partial charge on any atom is 0.407 e. The van der Waals surface area contributed by atoms with Crippen LogP contribution >= 0.6 is 0 Å². The molecule has 5 heteroatoms. The Morgan fingerprint density at radius 3 is 2.74 bits per heavy atom. The van der Waals surface area contributed by atoms with Gasteiger partial charge in [-0.2, -0.15) is 0 Å². The van der Waals surface area contributed by atoms with Crippen LogP contribution in [-0.2, 0) is 16.1 Å². The number of nitrogens with one attached hydrogen (secondary N) is 1. The number of hydrogen-bond donors (Lipinski definition) is 2. The highest BCUT2D eigenvalue weighted by Gasteiger charge is 2.24. The predicted octanol–water partition coefficient (Wildman–Crippen LogP) is 1.45. The number of hydrogen-bond acceptors (Lipinski definition) is 4. The Morgan fingerprint density at radius 1 is 1.37 bits per heavy atom. The second kappa shape index (κ2) is 7.11. The van der Waals surface area contributed by atoms with Crippen LogP contribution in [0, 0.1) is 0 Å². The lowest BCUT2D eigenvalue weighted by Crippen LogP contribution is -2.41. The molecule has 1 aliphatic rings. The van der Waals surface area contributed by atoms with Gasteiger partial charge in [0, 0.05) is 0 Å². The van der Waals surface area contributed by atoms with Crippen molar-refractivity contribution in [3.63, 3.8) is 0 Å². The van der Waals surface area contributed by atoms with Crippen molar-refractivity contribution in [1.82, 2.24) is 5.32 Å². The van der Waals surface area contributed by atoms with E-state index in [1.165, 1.54) is 0 Å². The Balaban J connectivity index is 1.66. The van der Waals surface area contributed by atoms with E-state index in [9.17, 15) is 4.79 Å². The van der Waals surface area contributed by atoms with Crippen LogP contribution in [0.5, 0.6) is 0 Å². The second-order valence-corrected chi connectivity index (χ2v) is 4.62. The average Bonchev–Trinajstić information content (AvgIpc) is 3.26. The molecule has 0 aromatic heterocycles. The van der Waals surface area contributed by atoms with Crippen LogP contribution in [0.15, 0.2) is 30.3 Å². The van der Waals surface area contributed by atoms with Gasteiger partial charge in [-0.05, 0) is 18.4 Å². The summed E-state index contributed by atoms with van der Waals surface area (Å²) in [6.45, 7) is 0.378. The van der Waals surface area contributed by atoms with Gasteiger partial charge in [-0.3, -0.25) is 0 Å². The molecule has 0 heterocycles. The number of benzene rings is 1. The van der Waals surface area contributed by atoms with Crippen molar-refractivity contribution in [3.8, 4) is 0 Å². The molecule has 19 heavy (non-hydrogen) atoms. The summed E-state index contributed by atoms with van der Waals surface area (Å²) in [6, 6.07) is 9.03. The van der Waals surface area contributed by atoms with Gasteiger partial charge < -0.3 is 19.9 Å². The molecule has 0 radical (unpaired) electrons. The Bertz CT molecular complexity index is 392. The Labute approximate surface area is 112 Å². The number of aliphatic hydroxyl groups excluding tert-OH is 1. The smallest absolute Gasteiger partial charge is 0.407 e. The zero-order valence-corrected chi connectivity index (χ0v) is 10.7. The van der Waals surface area contributed by atoms with Crippen molar-refractivity contribution in [2.24, 2.45) is 0 Å². The highest BCUT2D eigenvalue weighted by Crippen LogP contribution is 2.23. The maximum atomic E-state index is 11.5. The summed E-state index contributed by atoms with van der Waals surface area (Å²) in [5.41, 5.74) is 0.924. The fourth-order valence-corrected chi connectivity index (χ4v) is 1.56. The lowest BCUT2D eigenvalue weighted by atomic mass is 10.2. The first-order valence-electron chi connectivity index (χ1n) is 6.47. The van der Waals surface area contributed by atoms with E-state index in [0.29, 0.717) is 12.7 Å². The normalized spacial score (nSPS) is 15.8. The summed E-state index contributed by atoms with van der Waals surface area (Å²) in [4.78, 5) is 11.5. The van der Waals surface area contributed by atoms with Crippen LogP contribution in [-0.4, -0.2) is 36.6 Å². The fourth-order valence-electron chi connectivity index (χ4n) is 1.56. The lowest BCUT2D eigenvalue weighted by molar-refractivity contribution is 0.0701. The molecule has 1 atom stereocenters. The predicted molar refractivity (Wildman–Crippen MR) is 69.6 cm³/mol. The van der Waals surface area contributed by atoms with Crippen molar-refractivity contribution in [3.05, 3.63) is 35.9 Å². The van der Waals surface area contributed by atoms with E-state index in [2.05, 4.69) is 5.32 Å². The molecule has 1 aromatic carbocycles. The topological polar surface area (TPSA) is 67.8 Å². The molecule has 104 valence electrons. The van der Waals surface area contributed by atoms with Crippen molar-refractivity contribution in [2.75, 3.05) is 13.2 Å². The van der Waals surface area contributed by atoms with Gasteiger partial charge in [0.05, 0.1) is 25.4 Å². The maximum absolute atomic E-state index is 11.5. The molecular formula is C14H19NO4. The fraction of sp³-hybridized carbons (Fsp3) is 0.500. The first-order valence-corrected chi connectivity index (χ1v) is 6.47. The summed E-state index contributed by atoms with van der Waals surface area (Å²) in [7, 11) is 0. The third kappa shape index (κ3) is 5.28. The van der Waals surface area contributed by atoms with E-state index in [4.69, 9.17) is 14.6 Å². The summed E-state index contributed by atoms with van der Waals surface area (Å²) in [5, 5.41) is 11.7. The largest absolute Gasteiger partial charge is 0.445 e. The number of alkyl carbamates (subject to hydrolysis) is 1. The molecule has 1 saturated carbocycles. The van der Waals surface area contributed by atoms with Crippen LogP contribution in [0.4, 0.5) is 4.79 Å². The average molecular weight is 265 g/mol. The molecular weight excluding hydrogens is 246 g/mol. The zero-order valence-electron chi connectivity index (χ0n) is 10.7. The molecule has 1 aliphatic carbocycles. The summed E-state index contributed by atoms with van der Waals surface area (Å²) in [6.07, 6.45) is 1.89. The third-order valence-corrected chi connectivity index (χ3v) is 2.81. The SMILES string of the molecule is O=C(N[C@@H](CO)COC1CC1)OCc1ccccc1. The van der Waals surface area contributed by atoms with Gasteiger partial charge in [0.1, 0.15) is 6.61 Å². The molecule has 0 saturated heterocycles. The molecule has 5 nitrogen and oxygen atoms in total. The van der Waals surface area contributed by atoms with Gasteiger partial charge in [-0.15, -0.1) is 0 Å². The van der Waals surface area contributed by atoms with Crippen molar-refractivity contribution >= 4 is 6.09 Å². The first-order chi connectivity index (χ1) is 9.28. The van der Waals surface area contributed by atoms with E-state index in [1.54, 1.807) is 0 Å². The van der Waals surface area contributed by atoms with Crippen LogP contribution in [0.1, 0.15) is 18.4 Å². The Hall–Kier alpha value is -1.59. The molecule has 1 aromatic rings. The summed E-state index contributed by atoms with van der Waals surface area (Å²) < 4.78 is 10.5. The molecule has 0 aliphatic heterocycles. The summed E-state index contributed by atoms with van der Waals surface area (Å²) >= 11 is 0. The molecule has 2 rings (SSSR count). The quantitative estimate of drug-likeness (QED) is 0.783. The lowest BCUT2D eigenvalue weighted by Gasteiger charge is -2.16. The van der Waals surface area contributed by atoms with Crippen molar-refractivity contribution in [1.29, 1.82) is 0 Å². The van der Waals surface area contributed by atoms with E-state index >= 15 is 0 Å². The van der Waals surface area contributed by atoms with E-state index in [0.717, 1.165) is 18.4 Å². The van der Waals surface area contributed by atoms with Crippen molar-refractivity contribution in [2.45, 2.75) is 31.6 Å². The highest BCUT2D eigenvalue weighted by atomic mass is 16.5. The van der Waals surface area contributed by atoms with Crippen LogP contribution in [0.3, 0.4) is 0 Å². The van der Waals surface area contributed by atoms with Crippen LogP contribution in [0.25, 0.3) is 0 Å². The van der Waals surface area contributed by atoms with Gasteiger partial charge in [-0.25, -0.2) is 4.79 Å². The van der Waals surface area contributed by atoms with Crippen LogP contribution in [0.2, 0.25) is 0 Å². The monoisotopic (exact) mass is 265 g/mol. The summed E-state index contributed by atoms with van der Waals surface area (Å²) in [5.74, 6) is 0.